The monoisotopic (exact) mass is 234 g/mol. The minimum absolute atomic E-state index is 0.156. The average molecular weight is 234 g/mol. The van der Waals surface area contributed by atoms with Gasteiger partial charge in [0.1, 0.15) is 6.61 Å². The van der Waals surface area contributed by atoms with Gasteiger partial charge in [0.15, 0.2) is 5.82 Å². The number of alkyl halides is 2. The zero-order valence-electron chi connectivity index (χ0n) is 9.67. The van der Waals surface area contributed by atoms with Crippen LogP contribution >= 0.6 is 0 Å². The second-order valence-electron chi connectivity index (χ2n) is 3.98. The summed E-state index contributed by atoms with van der Waals surface area (Å²) in [5.74, 6) is 0.989. The first-order valence-electron chi connectivity index (χ1n) is 5.26. The van der Waals surface area contributed by atoms with Crippen LogP contribution in [0.4, 0.5) is 8.78 Å². The van der Waals surface area contributed by atoms with Crippen molar-refractivity contribution in [2.75, 3.05) is 0 Å². The molecule has 0 amide bonds. The third-order valence-corrected chi connectivity index (χ3v) is 1.92. The van der Waals surface area contributed by atoms with E-state index in [9.17, 15) is 8.78 Å². The van der Waals surface area contributed by atoms with Crippen molar-refractivity contribution in [1.82, 2.24) is 10.1 Å². The molecule has 1 rings (SSSR count). The highest BCUT2D eigenvalue weighted by Crippen LogP contribution is 2.20. The largest absolute Gasteiger partial charge is 0.355 e. The molecular weight excluding hydrogens is 218 g/mol. The third kappa shape index (κ3) is 4.22. The van der Waals surface area contributed by atoms with Crippen molar-refractivity contribution in [2.45, 2.75) is 46.3 Å². The van der Waals surface area contributed by atoms with E-state index in [1.54, 1.807) is 0 Å². The van der Waals surface area contributed by atoms with Gasteiger partial charge in [-0.25, -0.2) is 0 Å². The Bertz CT molecular complexity index is 326. The topological polar surface area (TPSA) is 48.2 Å². The predicted octanol–water partition coefficient (Wildman–Crippen LogP) is 2.79. The molecule has 92 valence electrons. The molecule has 6 heteroatoms. The maximum absolute atomic E-state index is 12.7. The van der Waals surface area contributed by atoms with Gasteiger partial charge < -0.3 is 9.26 Å². The molecule has 1 aromatic heterocycles. The second kappa shape index (κ2) is 5.34. The first kappa shape index (κ1) is 13.0. The van der Waals surface area contributed by atoms with Gasteiger partial charge in [-0.1, -0.05) is 25.9 Å². The van der Waals surface area contributed by atoms with Crippen molar-refractivity contribution >= 4 is 0 Å². The molecule has 0 spiro atoms. The van der Waals surface area contributed by atoms with Crippen molar-refractivity contribution in [3.63, 3.8) is 0 Å². The maximum Gasteiger partial charge on any atom is 0.355 e. The molecule has 16 heavy (non-hydrogen) atoms. The predicted molar refractivity (Wildman–Crippen MR) is 52.9 cm³/mol. The van der Waals surface area contributed by atoms with Gasteiger partial charge in [-0.15, -0.1) is 0 Å². The molecular formula is C10H16F2N2O2. The van der Waals surface area contributed by atoms with Gasteiger partial charge in [0.05, 0.1) is 0 Å². The summed E-state index contributed by atoms with van der Waals surface area (Å²) in [7, 11) is 0. The summed E-state index contributed by atoms with van der Waals surface area (Å²) < 4.78 is 34.7. The van der Waals surface area contributed by atoms with E-state index in [1.807, 2.05) is 13.8 Å². The van der Waals surface area contributed by atoms with E-state index >= 15 is 0 Å². The van der Waals surface area contributed by atoms with Crippen LogP contribution in [0.3, 0.4) is 0 Å². The van der Waals surface area contributed by atoms with Gasteiger partial charge in [-0.05, 0) is 5.92 Å². The van der Waals surface area contributed by atoms with Gasteiger partial charge >= 0.3 is 6.11 Å². The molecule has 1 heterocycles. The van der Waals surface area contributed by atoms with Crippen LogP contribution in [0.1, 0.15) is 38.9 Å². The van der Waals surface area contributed by atoms with E-state index in [-0.39, 0.29) is 18.9 Å². The highest BCUT2D eigenvalue weighted by atomic mass is 19.3. The molecule has 0 atom stereocenters. The molecule has 0 aliphatic carbocycles. The number of hydrogen-bond acceptors (Lipinski definition) is 4. The molecule has 1 aromatic rings. The van der Waals surface area contributed by atoms with Gasteiger partial charge in [-0.3, -0.25) is 0 Å². The summed E-state index contributed by atoms with van der Waals surface area (Å²) in [5, 5.41) is 3.56. The molecule has 0 saturated heterocycles. The molecule has 0 saturated carbocycles. The van der Waals surface area contributed by atoms with Crippen LogP contribution in [0.5, 0.6) is 0 Å². The van der Waals surface area contributed by atoms with Crippen molar-refractivity contribution in [2.24, 2.45) is 5.92 Å². The quantitative estimate of drug-likeness (QED) is 0.759. The lowest BCUT2D eigenvalue weighted by Gasteiger charge is -2.12. The average Bonchev–Trinajstić information content (AvgIpc) is 2.62. The molecule has 0 aliphatic heterocycles. The summed E-state index contributed by atoms with van der Waals surface area (Å²) in [5.41, 5.74) is 0. The lowest BCUT2D eigenvalue weighted by atomic mass is 10.1. The Morgan fingerprint density at radius 2 is 2.12 bits per heavy atom. The lowest BCUT2D eigenvalue weighted by molar-refractivity contribution is -0.247. The van der Waals surface area contributed by atoms with Gasteiger partial charge in [0.2, 0.25) is 5.89 Å². The summed E-state index contributed by atoms with van der Waals surface area (Å²) in [6.45, 7) is 5.03. The molecule has 0 unspecified atom stereocenters. The molecule has 0 fully saturated rings. The van der Waals surface area contributed by atoms with Crippen LogP contribution in [0.25, 0.3) is 0 Å². The Morgan fingerprint density at radius 3 is 2.69 bits per heavy atom. The zero-order chi connectivity index (χ0) is 12.2. The Balaban J connectivity index is 2.46. The number of hydrogen-bond donors (Lipinski definition) is 0. The number of rotatable bonds is 6. The minimum atomic E-state index is -3.13. The fourth-order valence-electron chi connectivity index (χ4n) is 1.05. The molecule has 0 radical (unpaired) electrons. The normalized spacial score (nSPS) is 12.4. The summed E-state index contributed by atoms with van der Waals surface area (Å²) in [4.78, 5) is 3.95. The van der Waals surface area contributed by atoms with Crippen LogP contribution in [0, 0.1) is 5.92 Å². The number of aromatic nitrogens is 2. The summed E-state index contributed by atoms with van der Waals surface area (Å²) >= 11 is 0. The fourth-order valence-corrected chi connectivity index (χ4v) is 1.05. The Labute approximate surface area is 93.0 Å². The highest BCUT2D eigenvalue weighted by molar-refractivity contribution is 4.85. The van der Waals surface area contributed by atoms with E-state index in [0.29, 0.717) is 18.2 Å². The van der Waals surface area contributed by atoms with E-state index in [1.165, 1.54) is 6.92 Å². The van der Waals surface area contributed by atoms with Gasteiger partial charge in [-0.2, -0.15) is 13.8 Å². The number of halogens is 2. The van der Waals surface area contributed by atoms with Crippen LogP contribution in [-0.4, -0.2) is 16.2 Å². The molecule has 0 aromatic carbocycles. The zero-order valence-corrected chi connectivity index (χ0v) is 9.67. The molecule has 0 bridgehead atoms. The highest BCUT2D eigenvalue weighted by Gasteiger charge is 2.27. The van der Waals surface area contributed by atoms with E-state index in [4.69, 9.17) is 4.52 Å². The Kier molecular flexibility index (Phi) is 4.35. The van der Waals surface area contributed by atoms with Gasteiger partial charge in [0, 0.05) is 12.8 Å². The van der Waals surface area contributed by atoms with Crippen LogP contribution in [0.2, 0.25) is 0 Å². The second-order valence-corrected chi connectivity index (χ2v) is 3.98. The van der Waals surface area contributed by atoms with E-state index in [2.05, 4.69) is 14.9 Å². The Hall–Kier alpha value is -1.04. The maximum atomic E-state index is 12.7. The third-order valence-electron chi connectivity index (χ3n) is 1.92. The van der Waals surface area contributed by atoms with Crippen LogP contribution in [-0.2, 0) is 17.8 Å². The Morgan fingerprint density at radius 1 is 1.44 bits per heavy atom. The fraction of sp³-hybridized carbons (Fsp3) is 0.800. The van der Waals surface area contributed by atoms with Crippen molar-refractivity contribution in [1.29, 1.82) is 0 Å². The van der Waals surface area contributed by atoms with Crippen molar-refractivity contribution in [3.05, 3.63) is 11.7 Å². The first-order valence-corrected chi connectivity index (χ1v) is 5.26. The SMILES string of the molecule is CCC(F)(F)OCc1noc(CC(C)C)n1. The van der Waals surface area contributed by atoms with Crippen molar-refractivity contribution < 1.29 is 18.0 Å². The number of ether oxygens (including phenoxy) is 1. The minimum Gasteiger partial charge on any atom is -0.339 e. The molecule has 0 N–H and O–H groups in total. The lowest BCUT2D eigenvalue weighted by Crippen LogP contribution is -2.19. The first-order chi connectivity index (χ1) is 7.43. The summed E-state index contributed by atoms with van der Waals surface area (Å²) in [6.07, 6.45) is -2.86. The smallest absolute Gasteiger partial charge is 0.339 e. The standard InChI is InChI=1S/C10H16F2N2O2/c1-4-10(11,12)15-6-8-13-9(16-14-8)5-7(2)3/h7H,4-6H2,1-3H3. The molecule has 4 nitrogen and oxygen atoms in total. The van der Waals surface area contributed by atoms with E-state index < -0.39 is 6.11 Å². The van der Waals surface area contributed by atoms with Crippen molar-refractivity contribution in [3.8, 4) is 0 Å². The van der Waals surface area contributed by atoms with Crippen LogP contribution < -0.4 is 0 Å². The van der Waals surface area contributed by atoms with Gasteiger partial charge in [0.25, 0.3) is 0 Å². The summed E-state index contributed by atoms with van der Waals surface area (Å²) in [6, 6.07) is 0. The van der Waals surface area contributed by atoms with Crippen LogP contribution in [0.15, 0.2) is 4.52 Å². The number of nitrogens with zero attached hydrogens (tertiary/aromatic N) is 2. The van der Waals surface area contributed by atoms with E-state index in [0.717, 1.165) is 0 Å². The molecule has 0 aliphatic rings.